The summed E-state index contributed by atoms with van der Waals surface area (Å²) in [5, 5.41) is 10.6. The number of aliphatic hydroxyl groups is 1. The lowest BCUT2D eigenvalue weighted by molar-refractivity contribution is -0.0777. The highest BCUT2D eigenvalue weighted by atomic mass is 16.5. The second-order valence-electron chi connectivity index (χ2n) is 5.47. The number of ether oxygens (including phenoxy) is 1. The highest BCUT2D eigenvalue weighted by Crippen LogP contribution is 2.54. The van der Waals surface area contributed by atoms with Gasteiger partial charge in [0, 0.05) is 11.5 Å². The fourth-order valence-electron chi connectivity index (χ4n) is 3.44. The van der Waals surface area contributed by atoms with E-state index in [1.54, 1.807) is 0 Å². The molecule has 2 aromatic rings. The number of rotatable bonds is 1. The minimum Gasteiger partial charge on any atom is -0.490 e. The minimum absolute atomic E-state index is 0.162. The van der Waals surface area contributed by atoms with Gasteiger partial charge in [-0.1, -0.05) is 48.5 Å². The maximum Gasteiger partial charge on any atom is 0.125 e. The molecule has 96 valence electrons. The predicted molar refractivity (Wildman–Crippen MR) is 73.1 cm³/mol. The molecule has 4 rings (SSSR count). The van der Waals surface area contributed by atoms with Crippen molar-refractivity contribution < 1.29 is 9.84 Å². The molecule has 0 saturated heterocycles. The van der Waals surface area contributed by atoms with E-state index in [9.17, 15) is 5.11 Å². The number of fused-ring (bicyclic) bond motifs is 2. The fraction of sp³-hybridized carbons (Fsp3) is 0.294. The van der Waals surface area contributed by atoms with Crippen LogP contribution in [0.3, 0.4) is 0 Å². The smallest absolute Gasteiger partial charge is 0.125 e. The van der Waals surface area contributed by atoms with Gasteiger partial charge < -0.3 is 9.84 Å². The van der Waals surface area contributed by atoms with Crippen molar-refractivity contribution in [3.05, 3.63) is 65.7 Å². The Morgan fingerprint density at radius 3 is 2.53 bits per heavy atom. The van der Waals surface area contributed by atoms with E-state index >= 15 is 0 Å². The van der Waals surface area contributed by atoms with Crippen LogP contribution in [0.15, 0.2) is 54.6 Å². The lowest BCUT2D eigenvalue weighted by Crippen LogP contribution is -2.49. The van der Waals surface area contributed by atoms with E-state index in [4.69, 9.17) is 4.74 Å². The van der Waals surface area contributed by atoms with Crippen molar-refractivity contribution in [3.63, 3.8) is 0 Å². The van der Waals surface area contributed by atoms with Crippen LogP contribution < -0.4 is 4.74 Å². The Kier molecular flexibility index (Phi) is 2.39. The summed E-state index contributed by atoms with van der Waals surface area (Å²) < 4.78 is 5.99. The summed E-state index contributed by atoms with van der Waals surface area (Å²) >= 11 is 0. The van der Waals surface area contributed by atoms with Gasteiger partial charge in [-0.25, -0.2) is 0 Å². The van der Waals surface area contributed by atoms with Gasteiger partial charge in [0.05, 0.1) is 6.10 Å². The van der Waals surface area contributed by atoms with Gasteiger partial charge in [0.2, 0.25) is 0 Å². The SMILES string of the molecule is OC1c2ccccc2O[C@H]2CC(c3ccccc3)C12. The van der Waals surface area contributed by atoms with Crippen molar-refractivity contribution in [3.8, 4) is 5.75 Å². The van der Waals surface area contributed by atoms with Crippen molar-refractivity contribution >= 4 is 0 Å². The average Bonchev–Trinajstić information content (AvgIpc) is 2.43. The third-order valence-electron chi connectivity index (χ3n) is 4.49. The summed E-state index contributed by atoms with van der Waals surface area (Å²) in [4.78, 5) is 0. The molecule has 0 radical (unpaired) electrons. The fourth-order valence-corrected chi connectivity index (χ4v) is 3.44. The number of aliphatic hydroxyl groups excluding tert-OH is 1. The minimum atomic E-state index is -0.408. The van der Waals surface area contributed by atoms with E-state index in [0.29, 0.717) is 5.92 Å². The Morgan fingerprint density at radius 1 is 0.947 bits per heavy atom. The Bertz CT molecular complexity index is 593. The van der Waals surface area contributed by atoms with Gasteiger partial charge in [-0.05, 0) is 24.0 Å². The van der Waals surface area contributed by atoms with Gasteiger partial charge >= 0.3 is 0 Å². The largest absolute Gasteiger partial charge is 0.490 e. The molecular weight excluding hydrogens is 236 g/mol. The predicted octanol–water partition coefficient (Wildman–Crippen LogP) is 3.28. The van der Waals surface area contributed by atoms with Gasteiger partial charge in [-0.15, -0.1) is 0 Å². The molecule has 1 fully saturated rings. The van der Waals surface area contributed by atoms with Gasteiger partial charge in [0.15, 0.2) is 0 Å². The quantitative estimate of drug-likeness (QED) is 0.844. The van der Waals surface area contributed by atoms with Crippen molar-refractivity contribution in [2.75, 3.05) is 0 Å². The molecule has 1 aliphatic carbocycles. The van der Waals surface area contributed by atoms with Crippen LogP contribution in [0.4, 0.5) is 0 Å². The van der Waals surface area contributed by atoms with Crippen LogP contribution in [-0.4, -0.2) is 11.2 Å². The monoisotopic (exact) mass is 252 g/mol. The molecule has 2 nitrogen and oxygen atoms in total. The van der Waals surface area contributed by atoms with Crippen LogP contribution in [0.2, 0.25) is 0 Å². The molecular formula is C17H16O2. The summed E-state index contributed by atoms with van der Waals surface area (Å²) in [6.45, 7) is 0. The van der Waals surface area contributed by atoms with Crippen molar-refractivity contribution in [1.82, 2.24) is 0 Å². The molecule has 0 bridgehead atoms. The first kappa shape index (κ1) is 11.1. The summed E-state index contributed by atoms with van der Waals surface area (Å²) in [6, 6.07) is 18.3. The lowest BCUT2D eigenvalue weighted by Gasteiger charge is -2.50. The molecule has 0 amide bonds. The van der Waals surface area contributed by atoms with E-state index in [0.717, 1.165) is 17.7 Å². The molecule has 1 N–H and O–H groups in total. The summed E-state index contributed by atoms with van der Waals surface area (Å²) in [5.41, 5.74) is 2.25. The summed E-state index contributed by atoms with van der Waals surface area (Å²) in [6.07, 6.45) is 0.754. The highest BCUT2D eigenvalue weighted by Gasteiger charge is 2.51. The maximum absolute atomic E-state index is 10.6. The Hall–Kier alpha value is -1.80. The Morgan fingerprint density at radius 2 is 1.68 bits per heavy atom. The van der Waals surface area contributed by atoms with Crippen molar-refractivity contribution in [2.24, 2.45) is 5.92 Å². The van der Waals surface area contributed by atoms with Gasteiger partial charge in [0.1, 0.15) is 11.9 Å². The standard InChI is InChI=1S/C17H16O2/c18-17-12-8-4-5-9-14(12)19-15-10-13(16(15)17)11-6-2-1-3-7-11/h1-9,13,15-18H,10H2/t13?,15-,16?,17?/m0/s1. The van der Waals surface area contributed by atoms with E-state index in [1.807, 2.05) is 30.3 Å². The third-order valence-corrected chi connectivity index (χ3v) is 4.49. The zero-order chi connectivity index (χ0) is 12.8. The van der Waals surface area contributed by atoms with Crippen molar-refractivity contribution in [1.29, 1.82) is 0 Å². The summed E-state index contributed by atoms with van der Waals surface area (Å²) in [5.74, 6) is 1.45. The zero-order valence-corrected chi connectivity index (χ0v) is 10.6. The molecule has 2 aliphatic rings. The summed E-state index contributed by atoms with van der Waals surface area (Å²) in [7, 11) is 0. The molecule has 0 aromatic heterocycles. The van der Waals surface area contributed by atoms with Gasteiger partial charge in [-0.3, -0.25) is 0 Å². The van der Waals surface area contributed by atoms with Crippen LogP contribution in [0.25, 0.3) is 0 Å². The Labute approximate surface area is 112 Å². The lowest BCUT2D eigenvalue weighted by atomic mass is 9.63. The second kappa shape index (κ2) is 4.10. The second-order valence-corrected chi connectivity index (χ2v) is 5.47. The molecule has 1 saturated carbocycles. The van der Waals surface area contributed by atoms with E-state index < -0.39 is 6.10 Å². The first-order chi connectivity index (χ1) is 9.34. The number of benzene rings is 2. The molecule has 19 heavy (non-hydrogen) atoms. The number of hydrogen-bond donors (Lipinski definition) is 1. The maximum atomic E-state index is 10.6. The molecule has 1 aliphatic heterocycles. The first-order valence-electron chi connectivity index (χ1n) is 6.83. The van der Waals surface area contributed by atoms with E-state index in [1.165, 1.54) is 5.56 Å². The Balaban J connectivity index is 1.68. The number of hydrogen-bond acceptors (Lipinski definition) is 2. The van der Waals surface area contributed by atoms with Crippen LogP contribution in [0.1, 0.15) is 29.6 Å². The van der Waals surface area contributed by atoms with Crippen LogP contribution in [0, 0.1) is 5.92 Å². The molecule has 3 unspecified atom stereocenters. The van der Waals surface area contributed by atoms with Crippen LogP contribution >= 0.6 is 0 Å². The third kappa shape index (κ3) is 1.60. The van der Waals surface area contributed by atoms with Gasteiger partial charge in [0.25, 0.3) is 0 Å². The molecule has 4 atom stereocenters. The molecule has 2 heteroatoms. The number of para-hydroxylation sites is 1. The van der Waals surface area contributed by atoms with Gasteiger partial charge in [-0.2, -0.15) is 0 Å². The van der Waals surface area contributed by atoms with Crippen LogP contribution in [-0.2, 0) is 0 Å². The van der Waals surface area contributed by atoms with Crippen molar-refractivity contribution in [2.45, 2.75) is 24.5 Å². The molecule has 2 aromatic carbocycles. The van der Waals surface area contributed by atoms with E-state index in [-0.39, 0.29) is 12.0 Å². The van der Waals surface area contributed by atoms with E-state index in [2.05, 4.69) is 24.3 Å². The first-order valence-corrected chi connectivity index (χ1v) is 6.83. The molecule has 1 heterocycles. The normalized spacial score (nSPS) is 31.6. The highest BCUT2D eigenvalue weighted by molar-refractivity contribution is 5.40. The van der Waals surface area contributed by atoms with Crippen LogP contribution in [0.5, 0.6) is 5.75 Å². The topological polar surface area (TPSA) is 29.5 Å². The average molecular weight is 252 g/mol. The molecule has 0 spiro atoms. The zero-order valence-electron chi connectivity index (χ0n) is 10.6.